The fourth-order valence-corrected chi connectivity index (χ4v) is 4.40. The van der Waals surface area contributed by atoms with E-state index in [9.17, 15) is 0 Å². The average Bonchev–Trinajstić information content (AvgIpc) is 2.83. The zero-order chi connectivity index (χ0) is 21.8. The fraction of sp³-hybridized carbons (Fsp3) is 0.400. The number of hydrogen-bond acceptors (Lipinski definition) is 0. The van der Waals surface area contributed by atoms with E-state index in [2.05, 4.69) is 114 Å². The second kappa shape index (κ2) is 9.21. The molecule has 0 bridgehead atoms. The van der Waals surface area contributed by atoms with Gasteiger partial charge < -0.3 is 0 Å². The summed E-state index contributed by atoms with van der Waals surface area (Å²) in [5.74, 6) is 0. The van der Waals surface area contributed by atoms with Crippen LogP contribution in [0.5, 0.6) is 0 Å². The van der Waals surface area contributed by atoms with Gasteiger partial charge in [-0.2, -0.15) is 0 Å². The quantitative estimate of drug-likeness (QED) is 0.355. The Kier molecular flexibility index (Phi) is 6.86. The lowest BCUT2D eigenvalue weighted by atomic mass is 9.75. The Labute approximate surface area is 184 Å². The van der Waals surface area contributed by atoms with Crippen LogP contribution in [0.2, 0.25) is 0 Å². The molecule has 0 aromatic heterocycles. The van der Waals surface area contributed by atoms with Gasteiger partial charge in [0, 0.05) is 0 Å². The van der Waals surface area contributed by atoms with Gasteiger partial charge in [0.15, 0.2) is 0 Å². The highest BCUT2D eigenvalue weighted by Gasteiger charge is 2.25. The van der Waals surface area contributed by atoms with E-state index >= 15 is 0 Å². The molecule has 0 aliphatic heterocycles. The van der Waals surface area contributed by atoms with Gasteiger partial charge in [0.25, 0.3) is 0 Å². The van der Waals surface area contributed by atoms with Crippen molar-refractivity contribution in [3.8, 4) is 22.3 Å². The van der Waals surface area contributed by atoms with E-state index in [1.54, 1.807) is 0 Å². The molecule has 0 radical (unpaired) electrons. The monoisotopic (exact) mass is 398 g/mol. The predicted octanol–water partition coefficient (Wildman–Crippen LogP) is 9.18. The van der Waals surface area contributed by atoms with E-state index < -0.39 is 0 Å². The van der Waals surface area contributed by atoms with Crippen LogP contribution in [0, 0.1) is 0 Å². The third-order valence-electron chi connectivity index (χ3n) is 7.82. The summed E-state index contributed by atoms with van der Waals surface area (Å²) in [5.41, 5.74) is 8.61. The van der Waals surface area contributed by atoms with Gasteiger partial charge >= 0.3 is 0 Å². The summed E-state index contributed by atoms with van der Waals surface area (Å²) in [6.45, 7) is 14.0. The van der Waals surface area contributed by atoms with Crippen molar-refractivity contribution in [1.29, 1.82) is 0 Å². The summed E-state index contributed by atoms with van der Waals surface area (Å²) < 4.78 is 0. The predicted molar refractivity (Wildman–Crippen MR) is 133 cm³/mol. The molecule has 158 valence electrons. The van der Waals surface area contributed by atoms with Gasteiger partial charge in [-0.15, -0.1) is 0 Å². The number of rotatable bonds is 8. The maximum absolute atomic E-state index is 2.45. The van der Waals surface area contributed by atoms with Crippen molar-refractivity contribution in [3.63, 3.8) is 0 Å². The van der Waals surface area contributed by atoms with Crippen LogP contribution in [-0.4, -0.2) is 0 Å². The van der Waals surface area contributed by atoms with Crippen LogP contribution in [0.3, 0.4) is 0 Å². The van der Waals surface area contributed by atoms with Gasteiger partial charge in [0.05, 0.1) is 0 Å². The molecule has 30 heavy (non-hydrogen) atoms. The molecule has 0 spiro atoms. The normalized spacial score (nSPS) is 12.2. The Balaban J connectivity index is 2.15. The lowest BCUT2D eigenvalue weighted by Crippen LogP contribution is -2.19. The summed E-state index contributed by atoms with van der Waals surface area (Å²) in [4.78, 5) is 0. The Bertz CT molecular complexity index is 939. The highest BCUT2D eigenvalue weighted by atomic mass is 14.3. The second-order valence-corrected chi connectivity index (χ2v) is 9.24. The van der Waals surface area contributed by atoms with E-state index in [4.69, 9.17) is 0 Å². The van der Waals surface area contributed by atoms with E-state index in [1.165, 1.54) is 46.2 Å². The van der Waals surface area contributed by atoms with Gasteiger partial charge in [-0.3, -0.25) is 0 Å². The smallest absolute Gasteiger partial charge is 0.00803 e. The minimum Gasteiger partial charge on any atom is -0.0645 e. The summed E-state index contributed by atoms with van der Waals surface area (Å²) in [7, 11) is 0. The molecule has 3 aromatic carbocycles. The average molecular weight is 399 g/mol. The highest BCUT2D eigenvalue weighted by molar-refractivity contribution is 5.84. The molecule has 0 aliphatic rings. The molecule has 0 saturated heterocycles. The Morgan fingerprint density at radius 1 is 0.500 bits per heavy atom. The lowest BCUT2D eigenvalue weighted by Gasteiger charge is -2.29. The Hall–Kier alpha value is -2.34. The molecule has 0 heteroatoms. The lowest BCUT2D eigenvalue weighted by molar-refractivity contribution is 0.439. The molecule has 0 amide bonds. The largest absolute Gasteiger partial charge is 0.0645 e. The van der Waals surface area contributed by atoms with Crippen LogP contribution in [0.1, 0.15) is 78.4 Å². The third-order valence-corrected chi connectivity index (χ3v) is 7.82. The molecular formula is C30H38. The topological polar surface area (TPSA) is 0 Å². The Morgan fingerprint density at radius 2 is 0.967 bits per heavy atom. The van der Waals surface area contributed by atoms with Gasteiger partial charge in [-0.1, -0.05) is 108 Å². The first-order valence-electron chi connectivity index (χ1n) is 11.7. The maximum Gasteiger partial charge on any atom is -0.00803 e. The number of benzene rings is 3. The second-order valence-electron chi connectivity index (χ2n) is 9.24. The van der Waals surface area contributed by atoms with E-state index in [0.29, 0.717) is 0 Å². The van der Waals surface area contributed by atoms with Crippen molar-refractivity contribution in [2.24, 2.45) is 0 Å². The van der Waals surface area contributed by atoms with Crippen LogP contribution in [0.15, 0.2) is 72.8 Å². The van der Waals surface area contributed by atoms with Gasteiger partial charge in [-0.25, -0.2) is 0 Å². The van der Waals surface area contributed by atoms with Gasteiger partial charge in [0.2, 0.25) is 0 Å². The zero-order valence-electron chi connectivity index (χ0n) is 19.8. The van der Waals surface area contributed by atoms with Crippen molar-refractivity contribution in [2.45, 2.75) is 78.1 Å². The molecule has 0 fully saturated rings. The van der Waals surface area contributed by atoms with Crippen molar-refractivity contribution in [3.05, 3.63) is 83.9 Å². The summed E-state index contributed by atoms with van der Waals surface area (Å²) in [6, 6.07) is 27.3. The molecule has 0 nitrogen and oxygen atoms in total. The molecule has 0 N–H and O–H groups in total. The standard InChI is InChI=1S/C30H38/c1-7-29(5,8-2)25-18-16-24(17-19-25)28-22-26(30(6,9-3)10-4)20-21-27(28)23-14-12-11-13-15-23/h11-22H,7-10H2,1-6H3. The van der Waals surface area contributed by atoms with Gasteiger partial charge in [0.1, 0.15) is 0 Å². The molecule has 0 heterocycles. The summed E-state index contributed by atoms with van der Waals surface area (Å²) >= 11 is 0. The highest BCUT2D eigenvalue weighted by Crippen LogP contribution is 2.39. The summed E-state index contributed by atoms with van der Waals surface area (Å²) in [5, 5.41) is 0. The third kappa shape index (κ3) is 4.24. The van der Waals surface area contributed by atoms with E-state index in [1.807, 2.05) is 0 Å². The molecule has 3 aromatic rings. The van der Waals surface area contributed by atoms with E-state index in [-0.39, 0.29) is 10.8 Å². The van der Waals surface area contributed by atoms with Crippen molar-refractivity contribution >= 4 is 0 Å². The molecule has 0 unspecified atom stereocenters. The maximum atomic E-state index is 2.45. The Morgan fingerprint density at radius 3 is 1.50 bits per heavy atom. The van der Waals surface area contributed by atoms with Crippen molar-refractivity contribution in [1.82, 2.24) is 0 Å². The molecule has 3 rings (SSSR count). The molecular weight excluding hydrogens is 360 g/mol. The van der Waals surface area contributed by atoms with Crippen LogP contribution < -0.4 is 0 Å². The van der Waals surface area contributed by atoms with Crippen LogP contribution >= 0.6 is 0 Å². The van der Waals surface area contributed by atoms with Crippen LogP contribution in [0.4, 0.5) is 0 Å². The van der Waals surface area contributed by atoms with Gasteiger partial charge in [-0.05, 0) is 76.0 Å². The first kappa shape index (κ1) is 22.3. The fourth-order valence-electron chi connectivity index (χ4n) is 4.40. The first-order valence-corrected chi connectivity index (χ1v) is 11.7. The van der Waals surface area contributed by atoms with Crippen LogP contribution in [0.25, 0.3) is 22.3 Å². The first-order chi connectivity index (χ1) is 14.4. The van der Waals surface area contributed by atoms with E-state index in [0.717, 1.165) is 12.8 Å². The minimum atomic E-state index is 0.215. The zero-order valence-corrected chi connectivity index (χ0v) is 19.8. The van der Waals surface area contributed by atoms with Crippen LogP contribution in [-0.2, 0) is 10.8 Å². The SMILES string of the molecule is CCC(C)(CC)c1ccc(-c2cc(C(C)(CC)CC)ccc2-c2ccccc2)cc1. The minimum absolute atomic E-state index is 0.215. The number of hydrogen-bond donors (Lipinski definition) is 0. The van der Waals surface area contributed by atoms with Crippen molar-refractivity contribution in [2.75, 3.05) is 0 Å². The summed E-state index contributed by atoms with van der Waals surface area (Å²) in [6.07, 6.45) is 4.63. The molecule has 0 aliphatic carbocycles. The molecule has 0 saturated carbocycles. The molecule has 0 atom stereocenters. The van der Waals surface area contributed by atoms with Crippen molar-refractivity contribution < 1.29 is 0 Å².